The summed E-state index contributed by atoms with van der Waals surface area (Å²) < 4.78 is 0. The monoisotopic (exact) mass is 238 g/mol. The van der Waals surface area contributed by atoms with E-state index in [1.807, 2.05) is 11.9 Å². The molecule has 2 aliphatic rings. The Labute approximate surface area is 105 Å². The Morgan fingerprint density at radius 3 is 2.18 bits per heavy atom. The van der Waals surface area contributed by atoms with Crippen molar-refractivity contribution in [1.29, 1.82) is 0 Å². The van der Waals surface area contributed by atoms with Gasteiger partial charge >= 0.3 is 0 Å². The summed E-state index contributed by atoms with van der Waals surface area (Å²) >= 11 is 0. The summed E-state index contributed by atoms with van der Waals surface area (Å²) in [6.45, 7) is 0. The number of hydrogen-bond acceptors (Lipinski definition) is 2. The SMILES string of the molecule is CN(C(=O)C1CCCC1N)C1CCCCCC1. The molecule has 3 heteroatoms. The molecular formula is C14H26N2O. The van der Waals surface area contributed by atoms with Crippen molar-refractivity contribution in [2.75, 3.05) is 7.05 Å². The molecule has 0 aromatic heterocycles. The number of nitrogens with zero attached hydrogens (tertiary/aromatic N) is 1. The summed E-state index contributed by atoms with van der Waals surface area (Å²) in [4.78, 5) is 14.4. The molecule has 2 unspecified atom stereocenters. The standard InChI is InChI=1S/C14H26N2O/c1-16(11-7-4-2-3-5-8-11)14(17)12-9-6-10-13(12)15/h11-13H,2-10,15H2,1H3. The minimum atomic E-state index is 0.100. The van der Waals surface area contributed by atoms with Crippen LogP contribution in [0, 0.1) is 5.92 Å². The van der Waals surface area contributed by atoms with E-state index in [9.17, 15) is 4.79 Å². The molecule has 17 heavy (non-hydrogen) atoms. The first-order valence-corrected chi connectivity index (χ1v) is 7.22. The minimum Gasteiger partial charge on any atom is -0.342 e. The lowest BCUT2D eigenvalue weighted by Gasteiger charge is -2.30. The van der Waals surface area contributed by atoms with Crippen LogP contribution in [0.4, 0.5) is 0 Å². The minimum absolute atomic E-state index is 0.100. The summed E-state index contributed by atoms with van der Waals surface area (Å²) in [5, 5.41) is 0. The fourth-order valence-electron chi connectivity index (χ4n) is 3.38. The normalized spacial score (nSPS) is 31.2. The van der Waals surface area contributed by atoms with Gasteiger partial charge in [0.1, 0.15) is 0 Å². The predicted octanol–water partition coefficient (Wildman–Crippen LogP) is 2.29. The number of amides is 1. The van der Waals surface area contributed by atoms with E-state index in [0.29, 0.717) is 11.9 Å². The van der Waals surface area contributed by atoms with Crippen molar-refractivity contribution < 1.29 is 4.79 Å². The molecule has 0 heterocycles. The predicted molar refractivity (Wildman–Crippen MR) is 69.6 cm³/mol. The Kier molecular flexibility index (Phi) is 4.43. The topological polar surface area (TPSA) is 46.3 Å². The molecule has 2 atom stereocenters. The Bertz CT molecular complexity index is 259. The van der Waals surface area contributed by atoms with Crippen LogP contribution in [0.3, 0.4) is 0 Å². The molecule has 0 saturated heterocycles. The number of hydrogen-bond donors (Lipinski definition) is 1. The Hall–Kier alpha value is -0.570. The third kappa shape index (κ3) is 3.01. The third-order valence-electron chi connectivity index (χ3n) is 4.61. The van der Waals surface area contributed by atoms with E-state index < -0.39 is 0 Å². The van der Waals surface area contributed by atoms with Gasteiger partial charge in [0.2, 0.25) is 5.91 Å². The first-order valence-electron chi connectivity index (χ1n) is 7.22. The van der Waals surface area contributed by atoms with Crippen molar-refractivity contribution in [3.05, 3.63) is 0 Å². The van der Waals surface area contributed by atoms with Crippen LogP contribution in [0.2, 0.25) is 0 Å². The lowest BCUT2D eigenvalue weighted by molar-refractivity contribution is -0.136. The number of carbonyl (C=O) groups excluding carboxylic acids is 1. The number of carbonyl (C=O) groups is 1. The average Bonchev–Trinajstić information content (AvgIpc) is 2.60. The van der Waals surface area contributed by atoms with E-state index in [0.717, 1.165) is 19.3 Å². The zero-order valence-electron chi connectivity index (χ0n) is 11.0. The summed E-state index contributed by atoms with van der Waals surface area (Å²) in [7, 11) is 1.99. The van der Waals surface area contributed by atoms with Gasteiger partial charge in [0.05, 0.1) is 5.92 Å². The van der Waals surface area contributed by atoms with Crippen molar-refractivity contribution in [3.8, 4) is 0 Å². The maximum Gasteiger partial charge on any atom is 0.227 e. The molecule has 0 aliphatic heterocycles. The van der Waals surface area contributed by atoms with Crippen LogP contribution >= 0.6 is 0 Å². The molecule has 2 fully saturated rings. The smallest absolute Gasteiger partial charge is 0.227 e. The van der Waals surface area contributed by atoms with Crippen LogP contribution in [-0.4, -0.2) is 29.9 Å². The Morgan fingerprint density at radius 2 is 1.65 bits per heavy atom. The van der Waals surface area contributed by atoms with Gasteiger partial charge in [-0.2, -0.15) is 0 Å². The van der Waals surface area contributed by atoms with Crippen molar-refractivity contribution in [2.24, 2.45) is 11.7 Å². The molecule has 0 aromatic rings. The number of rotatable bonds is 2. The largest absolute Gasteiger partial charge is 0.342 e. The first kappa shape index (κ1) is 12.9. The lowest BCUT2D eigenvalue weighted by Crippen LogP contribution is -2.44. The molecule has 2 saturated carbocycles. The molecule has 0 aromatic carbocycles. The molecule has 0 radical (unpaired) electrons. The highest BCUT2D eigenvalue weighted by molar-refractivity contribution is 5.80. The highest BCUT2D eigenvalue weighted by Gasteiger charge is 2.34. The Morgan fingerprint density at radius 1 is 1.00 bits per heavy atom. The van der Waals surface area contributed by atoms with Crippen LogP contribution in [0.5, 0.6) is 0 Å². The third-order valence-corrected chi connectivity index (χ3v) is 4.61. The Balaban J connectivity index is 1.93. The summed E-state index contributed by atoms with van der Waals surface area (Å²) in [6.07, 6.45) is 10.7. The molecule has 2 N–H and O–H groups in total. The maximum absolute atomic E-state index is 12.4. The lowest BCUT2D eigenvalue weighted by atomic mass is 10.00. The zero-order chi connectivity index (χ0) is 12.3. The second-order valence-corrected chi connectivity index (χ2v) is 5.80. The van der Waals surface area contributed by atoms with E-state index in [1.165, 1.54) is 38.5 Å². The molecule has 98 valence electrons. The van der Waals surface area contributed by atoms with Gasteiger partial charge < -0.3 is 10.6 Å². The van der Waals surface area contributed by atoms with Crippen molar-refractivity contribution >= 4 is 5.91 Å². The van der Waals surface area contributed by atoms with Crippen LogP contribution in [-0.2, 0) is 4.79 Å². The quantitative estimate of drug-likeness (QED) is 0.750. The van der Waals surface area contributed by atoms with Gasteiger partial charge in [-0.05, 0) is 25.7 Å². The van der Waals surface area contributed by atoms with Gasteiger partial charge in [-0.15, -0.1) is 0 Å². The van der Waals surface area contributed by atoms with Gasteiger partial charge in [0, 0.05) is 19.1 Å². The fraction of sp³-hybridized carbons (Fsp3) is 0.929. The van der Waals surface area contributed by atoms with Gasteiger partial charge in [-0.1, -0.05) is 32.1 Å². The molecule has 0 bridgehead atoms. The molecule has 2 rings (SSSR count). The van der Waals surface area contributed by atoms with E-state index in [2.05, 4.69) is 0 Å². The van der Waals surface area contributed by atoms with Gasteiger partial charge in [0.15, 0.2) is 0 Å². The second kappa shape index (κ2) is 5.85. The molecular weight excluding hydrogens is 212 g/mol. The van der Waals surface area contributed by atoms with Crippen LogP contribution in [0.25, 0.3) is 0 Å². The summed E-state index contributed by atoms with van der Waals surface area (Å²) in [5.41, 5.74) is 6.03. The van der Waals surface area contributed by atoms with Crippen molar-refractivity contribution in [3.63, 3.8) is 0 Å². The molecule has 0 spiro atoms. The van der Waals surface area contributed by atoms with Crippen LogP contribution < -0.4 is 5.73 Å². The van der Waals surface area contributed by atoms with Gasteiger partial charge in [-0.25, -0.2) is 0 Å². The van der Waals surface area contributed by atoms with Crippen molar-refractivity contribution in [1.82, 2.24) is 4.90 Å². The first-order chi connectivity index (χ1) is 8.20. The molecule has 3 nitrogen and oxygen atoms in total. The van der Waals surface area contributed by atoms with E-state index in [4.69, 9.17) is 5.73 Å². The molecule has 1 amide bonds. The van der Waals surface area contributed by atoms with Crippen LogP contribution in [0.1, 0.15) is 57.8 Å². The number of nitrogens with two attached hydrogens (primary N) is 1. The fourth-order valence-corrected chi connectivity index (χ4v) is 3.38. The highest BCUT2D eigenvalue weighted by Crippen LogP contribution is 2.28. The highest BCUT2D eigenvalue weighted by atomic mass is 16.2. The second-order valence-electron chi connectivity index (χ2n) is 5.80. The maximum atomic E-state index is 12.4. The zero-order valence-corrected chi connectivity index (χ0v) is 11.0. The van der Waals surface area contributed by atoms with E-state index in [1.54, 1.807) is 0 Å². The van der Waals surface area contributed by atoms with Gasteiger partial charge in [0.25, 0.3) is 0 Å². The van der Waals surface area contributed by atoms with E-state index >= 15 is 0 Å². The average molecular weight is 238 g/mol. The van der Waals surface area contributed by atoms with Crippen molar-refractivity contribution in [2.45, 2.75) is 69.9 Å². The summed E-state index contributed by atoms with van der Waals surface area (Å²) in [6, 6.07) is 0.577. The van der Waals surface area contributed by atoms with E-state index in [-0.39, 0.29) is 12.0 Å². The van der Waals surface area contributed by atoms with Gasteiger partial charge in [-0.3, -0.25) is 4.79 Å². The molecule has 2 aliphatic carbocycles. The van der Waals surface area contributed by atoms with Crippen LogP contribution in [0.15, 0.2) is 0 Å². The summed E-state index contributed by atoms with van der Waals surface area (Å²) in [5.74, 6) is 0.408.